The fourth-order valence-electron chi connectivity index (χ4n) is 3.23. The van der Waals surface area contributed by atoms with E-state index >= 15 is 0 Å². The number of methoxy groups -OCH3 is 1. The highest BCUT2D eigenvalue weighted by Gasteiger charge is 2.28. The van der Waals surface area contributed by atoms with Gasteiger partial charge in [-0.1, -0.05) is 18.2 Å². The molecule has 2 heterocycles. The van der Waals surface area contributed by atoms with E-state index in [1.165, 1.54) is 0 Å². The first-order chi connectivity index (χ1) is 12.6. The number of carbonyl (C=O) groups is 1. The number of carbonyl (C=O) groups excluding carboxylic acids is 1. The fraction of sp³-hybridized carbons (Fsp3) is 0.200. The molecule has 3 aromatic rings. The quantitative estimate of drug-likeness (QED) is 0.747. The zero-order valence-corrected chi connectivity index (χ0v) is 14.6. The van der Waals surface area contributed by atoms with Gasteiger partial charge in [0.25, 0.3) is 0 Å². The Morgan fingerprint density at radius 1 is 1.15 bits per heavy atom. The van der Waals surface area contributed by atoms with Gasteiger partial charge in [-0.3, -0.25) is 9.89 Å². The molecule has 6 nitrogen and oxygen atoms in total. The van der Waals surface area contributed by atoms with Crippen molar-refractivity contribution in [2.45, 2.75) is 19.3 Å². The molecule has 1 aromatic heterocycles. The zero-order chi connectivity index (χ0) is 18.1. The molecule has 0 saturated carbocycles. The highest BCUT2D eigenvalue weighted by Crippen LogP contribution is 2.40. The smallest absolute Gasteiger partial charge is 0.226 e. The van der Waals surface area contributed by atoms with E-state index in [0.29, 0.717) is 23.7 Å². The molecule has 0 radical (unpaired) electrons. The molecule has 0 saturated heterocycles. The predicted octanol–water partition coefficient (Wildman–Crippen LogP) is 3.99. The van der Waals surface area contributed by atoms with Crippen LogP contribution in [0.15, 0.2) is 48.7 Å². The number of H-pyrrole nitrogens is 1. The van der Waals surface area contributed by atoms with Gasteiger partial charge in [-0.2, -0.15) is 5.10 Å². The summed E-state index contributed by atoms with van der Waals surface area (Å²) in [6.45, 7) is 2.02. The van der Waals surface area contributed by atoms with Crippen LogP contribution in [-0.4, -0.2) is 23.2 Å². The van der Waals surface area contributed by atoms with Gasteiger partial charge in [-0.15, -0.1) is 0 Å². The molecule has 0 spiro atoms. The number of anilines is 1. The lowest BCUT2D eigenvalue weighted by Gasteiger charge is -2.23. The van der Waals surface area contributed by atoms with E-state index in [2.05, 4.69) is 15.5 Å². The third-order valence-electron chi connectivity index (χ3n) is 4.51. The number of nitrogens with one attached hydrogen (secondary N) is 2. The van der Waals surface area contributed by atoms with Crippen molar-refractivity contribution in [2.75, 3.05) is 12.4 Å². The standard InChI is InChI=1S/C20H19N3O3/c1-12-4-3-5-14(8-12)26-17-7-6-13(9-18(17)25-2)15-10-19(24)22-20-16(15)11-21-23-20/h3-9,11,15H,10H2,1-2H3,(H2,21,22,23,24). The van der Waals surface area contributed by atoms with Crippen LogP contribution in [0, 0.1) is 6.92 Å². The van der Waals surface area contributed by atoms with Crippen LogP contribution >= 0.6 is 0 Å². The Morgan fingerprint density at radius 2 is 2.04 bits per heavy atom. The lowest BCUT2D eigenvalue weighted by Crippen LogP contribution is -2.22. The Kier molecular flexibility index (Phi) is 4.08. The summed E-state index contributed by atoms with van der Waals surface area (Å²) < 4.78 is 11.5. The molecule has 6 heteroatoms. The SMILES string of the molecule is COc1cc(C2CC(=O)Nc3[nH]ncc32)ccc1Oc1cccc(C)c1. The summed E-state index contributed by atoms with van der Waals surface area (Å²) in [7, 11) is 1.61. The number of aromatic amines is 1. The normalized spacial score (nSPS) is 15.9. The number of benzene rings is 2. The fourth-order valence-corrected chi connectivity index (χ4v) is 3.23. The maximum Gasteiger partial charge on any atom is 0.226 e. The highest BCUT2D eigenvalue weighted by atomic mass is 16.5. The van der Waals surface area contributed by atoms with Crippen molar-refractivity contribution < 1.29 is 14.3 Å². The average Bonchev–Trinajstić information content (AvgIpc) is 3.09. The number of nitrogens with zero attached hydrogens (tertiary/aromatic N) is 1. The predicted molar refractivity (Wildman–Crippen MR) is 97.9 cm³/mol. The largest absolute Gasteiger partial charge is 0.493 e. The molecule has 1 unspecified atom stereocenters. The van der Waals surface area contributed by atoms with Crippen LogP contribution in [0.3, 0.4) is 0 Å². The summed E-state index contributed by atoms with van der Waals surface area (Å²) in [5.74, 6) is 2.57. The minimum absolute atomic E-state index is 0.0363. The first-order valence-corrected chi connectivity index (χ1v) is 8.39. The van der Waals surface area contributed by atoms with Gasteiger partial charge in [0.15, 0.2) is 11.5 Å². The molecule has 0 aliphatic carbocycles. The third kappa shape index (κ3) is 3.01. The monoisotopic (exact) mass is 349 g/mol. The van der Waals surface area contributed by atoms with Crippen LogP contribution in [-0.2, 0) is 4.79 Å². The van der Waals surface area contributed by atoms with E-state index < -0.39 is 0 Å². The number of rotatable bonds is 4. The van der Waals surface area contributed by atoms with Crippen molar-refractivity contribution >= 4 is 11.7 Å². The first-order valence-electron chi connectivity index (χ1n) is 8.39. The Hall–Kier alpha value is -3.28. The molecule has 1 amide bonds. The molecule has 0 bridgehead atoms. The first kappa shape index (κ1) is 16.2. The maximum atomic E-state index is 12.0. The Labute approximate surface area is 151 Å². The van der Waals surface area contributed by atoms with Crippen LogP contribution in [0.1, 0.15) is 29.0 Å². The van der Waals surface area contributed by atoms with Crippen molar-refractivity contribution in [3.05, 3.63) is 65.4 Å². The summed E-state index contributed by atoms with van der Waals surface area (Å²) in [5.41, 5.74) is 3.08. The number of hydrogen-bond donors (Lipinski definition) is 2. The van der Waals surface area contributed by atoms with Crippen molar-refractivity contribution in [3.63, 3.8) is 0 Å². The van der Waals surface area contributed by atoms with Crippen LogP contribution in [0.4, 0.5) is 5.82 Å². The van der Waals surface area contributed by atoms with Gasteiger partial charge in [0.2, 0.25) is 5.91 Å². The molecule has 2 N–H and O–H groups in total. The minimum atomic E-state index is -0.0700. The maximum absolute atomic E-state index is 12.0. The molecule has 132 valence electrons. The van der Waals surface area contributed by atoms with Gasteiger partial charge >= 0.3 is 0 Å². The third-order valence-corrected chi connectivity index (χ3v) is 4.51. The molecule has 26 heavy (non-hydrogen) atoms. The Morgan fingerprint density at radius 3 is 2.85 bits per heavy atom. The van der Waals surface area contributed by atoms with E-state index in [4.69, 9.17) is 9.47 Å². The number of ether oxygens (including phenoxy) is 2. The van der Waals surface area contributed by atoms with Gasteiger partial charge < -0.3 is 14.8 Å². The lowest BCUT2D eigenvalue weighted by atomic mass is 9.87. The van der Waals surface area contributed by atoms with Crippen molar-refractivity contribution in [2.24, 2.45) is 0 Å². The molecule has 0 fully saturated rings. The summed E-state index contributed by atoms with van der Waals surface area (Å²) in [4.78, 5) is 12.0. The molecular weight excluding hydrogens is 330 g/mol. The van der Waals surface area contributed by atoms with Gasteiger partial charge in [-0.05, 0) is 42.3 Å². The van der Waals surface area contributed by atoms with Crippen LogP contribution < -0.4 is 14.8 Å². The van der Waals surface area contributed by atoms with E-state index in [9.17, 15) is 4.79 Å². The Bertz CT molecular complexity index is 964. The highest BCUT2D eigenvalue weighted by molar-refractivity contribution is 5.94. The van der Waals surface area contributed by atoms with Gasteiger partial charge in [-0.25, -0.2) is 0 Å². The minimum Gasteiger partial charge on any atom is -0.493 e. The molecule has 2 aromatic carbocycles. The lowest BCUT2D eigenvalue weighted by molar-refractivity contribution is -0.116. The van der Waals surface area contributed by atoms with Crippen LogP contribution in [0.2, 0.25) is 0 Å². The van der Waals surface area contributed by atoms with Gasteiger partial charge in [0, 0.05) is 17.9 Å². The van der Waals surface area contributed by atoms with Gasteiger partial charge in [0.1, 0.15) is 11.6 Å². The average molecular weight is 349 g/mol. The summed E-state index contributed by atoms with van der Waals surface area (Å²) >= 11 is 0. The number of aryl methyl sites for hydroxylation is 1. The zero-order valence-electron chi connectivity index (χ0n) is 14.6. The second-order valence-corrected chi connectivity index (χ2v) is 6.33. The molecule has 1 atom stereocenters. The van der Waals surface area contributed by atoms with E-state index in [-0.39, 0.29) is 11.8 Å². The van der Waals surface area contributed by atoms with Crippen molar-refractivity contribution in [3.8, 4) is 17.2 Å². The molecular formula is C20H19N3O3. The molecule has 1 aliphatic rings. The number of hydrogen-bond acceptors (Lipinski definition) is 4. The Balaban J connectivity index is 1.67. The number of aromatic nitrogens is 2. The number of fused-ring (bicyclic) bond motifs is 1. The van der Waals surface area contributed by atoms with Crippen molar-refractivity contribution in [1.82, 2.24) is 10.2 Å². The van der Waals surface area contributed by atoms with Crippen molar-refractivity contribution in [1.29, 1.82) is 0 Å². The van der Waals surface area contributed by atoms with E-state index in [1.807, 2.05) is 49.4 Å². The number of amides is 1. The summed E-state index contributed by atoms with van der Waals surface area (Å²) in [5, 5.41) is 9.67. The second-order valence-electron chi connectivity index (χ2n) is 6.33. The van der Waals surface area contributed by atoms with E-state index in [0.717, 1.165) is 22.4 Å². The topological polar surface area (TPSA) is 76.2 Å². The summed E-state index contributed by atoms with van der Waals surface area (Å²) in [6.07, 6.45) is 2.12. The second kappa shape index (κ2) is 6.55. The van der Waals surface area contributed by atoms with Crippen LogP contribution in [0.25, 0.3) is 0 Å². The molecule has 4 rings (SSSR count). The van der Waals surface area contributed by atoms with Crippen LogP contribution in [0.5, 0.6) is 17.2 Å². The van der Waals surface area contributed by atoms with Gasteiger partial charge in [0.05, 0.1) is 13.3 Å². The van der Waals surface area contributed by atoms with E-state index in [1.54, 1.807) is 13.3 Å². The summed E-state index contributed by atoms with van der Waals surface area (Å²) in [6, 6.07) is 13.6. The molecule has 1 aliphatic heterocycles.